The number of carbonyl (C=O) groups excluding carboxylic acids is 2. The minimum absolute atomic E-state index is 0.0290. The Morgan fingerprint density at radius 2 is 1.81 bits per heavy atom. The molecule has 3 amide bonds. The number of nitrogens with zero attached hydrogens (tertiary/aromatic N) is 1. The summed E-state index contributed by atoms with van der Waals surface area (Å²) >= 11 is 0. The van der Waals surface area contributed by atoms with Crippen LogP contribution in [0.4, 0.5) is 4.79 Å². The van der Waals surface area contributed by atoms with E-state index < -0.39 is 18.0 Å². The van der Waals surface area contributed by atoms with Crippen molar-refractivity contribution in [2.45, 2.75) is 32.1 Å². The van der Waals surface area contributed by atoms with Crippen LogP contribution in [0.2, 0.25) is 0 Å². The molecule has 0 unspecified atom stereocenters. The van der Waals surface area contributed by atoms with Gasteiger partial charge in [-0.2, -0.15) is 0 Å². The van der Waals surface area contributed by atoms with E-state index in [0.717, 1.165) is 5.56 Å². The fourth-order valence-electron chi connectivity index (χ4n) is 2.78. The van der Waals surface area contributed by atoms with Crippen LogP contribution in [0.25, 0.3) is 0 Å². The maximum atomic E-state index is 12.4. The zero-order valence-electron chi connectivity index (χ0n) is 12.3. The molecule has 0 aliphatic carbocycles. The molecule has 1 heterocycles. The number of nitrogens with two attached hydrogens (primary N) is 1. The van der Waals surface area contributed by atoms with E-state index in [2.05, 4.69) is 5.32 Å². The number of ether oxygens (including phenoxy) is 1. The lowest BCUT2D eigenvalue weighted by Gasteiger charge is -2.39. The van der Waals surface area contributed by atoms with Gasteiger partial charge in [0.25, 0.3) is 0 Å². The smallest absolute Gasteiger partial charge is 0.318 e. The molecule has 1 aliphatic heterocycles. The second-order valence-corrected chi connectivity index (χ2v) is 5.38. The molecule has 1 fully saturated rings. The van der Waals surface area contributed by atoms with Gasteiger partial charge >= 0.3 is 6.03 Å². The molecule has 0 radical (unpaired) electrons. The normalized spacial score (nSPS) is 24.3. The van der Waals surface area contributed by atoms with Crippen molar-refractivity contribution in [3.05, 3.63) is 35.9 Å². The first-order chi connectivity index (χ1) is 9.97. The quantitative estimate of drug-likeness (QED) is 0.871. The molecular weight excluding hydrogens is 270 g/mol. The van der Waals surface area contributed by atoms with Crippen molar-refractivity contribution in [2.24, 2.45) is 5.73 Å². The third-order valence-electron chi connectivity index (χ3n) is 3.42. The summed E-state index contributed by atoms with van der Waals surface area (Å²) in [7, 11) is 0. The van der Waals surface area contributed by atoms with E-state index in [1.165, 1.54) is 0 Å². The van der Waals surface area contributed by atoms with Crippen molar-refractivity contribution >= 4 is 11.9 Å². The molecule has 3 atom stereocenters. The third-order valence-corrected chi connectivity index (χ3v) is 3.42. The minimum atomic E-state index is -0.838. The van der Waals surface area contributed by atoms with Crippen molar-refractivity contribution < 1.29 is 14.3 Å². The van der Waals surface area contributed by atoms with Gasteiger partial charge in [-0.1, -0.05) is 30.3 Å². The molecule has 2 rings (SSSR count). The van der Waals surface area contributed by atoms with E-state index in [-0.39, 0.29) is 12.2 Å². The molecule has 0 bridgehead atoms. The number of hydrogen-bond donors (Lipinski definition) is 2. The SMILES string of the molecule is C[C@@H]1CN([C@@H](C(=O)NC(N)=O)c2ccccc2)C[C@@H](C)O1. The zero-order valence-corrected chi connectivity index (χ0v) is 12.3. The fraction of sp³-hybridized carbons (Fsp3) is 0.467. The summed E-state index contributed by atoms with van der Waals surface area (Å²) in [6.45, 7) is 5.18. The highest BCUT2D eigenvalue weighted by Crippen LogP contribution is 2.25. The van der Waals surface area contributed by atoms with E-state index in [1.807, 2.05) is 49.1 Å². The first-order valence-electron chi connectivity index (χ1n) is 7.02. The van der Waals surface area contributed by atoms with Crippen LogP contribution >= 0.6 is 0 Å². The van der Waals surface area contributed by atoms with Crippen LogP contribution in [-0.4, -0.2) is 42.1 Å². The molecule has 1 aromatic carbocycles. The number of nitrogens with one attached hydrogen (secondary N) is 1. The van der Waals surface area contributed by atoms with E-state index in [4.69, 9.17) is 10.5 Å². The van der Waals surface area contributed by atoms with Crippen LogP contribution in [-0.2, 0) is 9.53 Å². The highest BCUT2D eigenvalue weighted by Gasteiger charge is 2.33. The van der Waals surface area contributed by atoms with Crippen molar-refractivity contribution in [3.8, 4) is 0 Å². The Morgan fingerprint density at radius 3 is 2.33 bits per heavy atom. The fourth-order valence-corrected chi connectivity index (χ4v) is 2.78. The highest BCUT2D eigenvalue weighted by molar-refractivity contribution is 5.96. The molecular formula is C15H21N3O3. The van der Waals surface area contributed by atoms with E-state index in [0.29, 0.717) is 13.1 Å². The highest BCUT2D eigenvalue weighted by atomic mass is 16.5. The average Bonchev–Trinajstić information content (AvgIpc) is 2.38. The summed E-state index contributed by atoms with van der Waals surface area (Å²) in [5, 5.41) is 2.19. The van der Waals surface area contributed by atoms with E-state index >= 15 is 0 Å². The summed E-state index contributed by atoms with van der Waals surface area (Å²) in [5.41, 5.74) is 5.91. The molecule has 0 aromatic heterocycles. The van der Waals surface area contributed by atoms with Gasteiger partial charge in [0.1, 0.15) is 6.04 Å². The van der Waals surface area contributed by atoms with Crippen LogP contribution in [0.1, 0.15) is 25.5 Å². The van der Waals surface area contributed by atoms with Gasteiger partial charge in [0.15, 0.2) is 0 Å². The number of morpholine rings is 1. The van der Waals surface area contributed by atoms with Crippen molar-refractivity contribution in [1.29, 1.82) is 0 Å². The summed E-state index contributed by atoms with van der Waals surface area (Å²) < 4.78 is 5.70. The second-order valence-electron chi connectivity index (χ2n) is 5.38. The molecule has 6 nitrogen and oxygen atoms in total. The van der Waals surface area contributed by atoms with Gasteiger partial charge in [0.2, 0.25) is 5.91 Å². The molecule has 1 aliphatic rings. The topological polar surface area (TPSA) is 84.7 Å². The Kier molecular flexibility index (Phi) is 4.93. The third kappa shape index (κ3) is 4.03. The average molecular weight is 291 g/mol. The van der Waals surface area contributed by atoms with Gasteiger partial charge in [0, 0.05) is 13.1 Å². The second kappa shape index (κ2) is 6.69. The Bertz CT molecular complexity index is 496. The van der Waals surface area contributed by atoms with Crippen LogP contribution in [0.5, 0.6) is 0 Å². The van der Waals surface area contributed by atoms with E-state index in [1.54, 1.807) is 0 Å². The van der Waals surface area contributed by atoms with Crippen LogP contribution < -0.4 is 11.1 Å². The molecule has 6 heteroatoms. The number of hydrogen-bond acceptors (Lipinski definition) is 4. The number of carbonyl (C=O) groups is 2. The van der Waals surface area contributed by atoms with Crippen LogP contribution in [0.15, 0.2) is 30.3 Å². The predicted octanol–water partition coefficient (Wildman–Crippen LogP) is 1.03. The summed E-state index contributed by atoms with van der Waals surface area (Å²) in [6, 6.07) is 7.98. The van der Waals surface area contributed by atoms with Gasteiger partial charge in [-0.15, -0.1) is 0 Å². The first kappa shape index (κ1) is 15.5. The summed E-state index contributed by atoms with van der Waals surface area (Å²) in [6.07, 6.45) is 0.0580. The van der Waals surface area contributed by atoms with E-state index in [9.17, 15) is 9.59 Å². The Balaban J connectivity index is 2.27. The number of benzene rings is 1. The van der Waals surface area contributed by atoms with Crippen molar-refractivity contribution in [2.75, 3.05) is 13.1 Å². The number of imide groups is 1. The number of urea groups is 1. The first-order valence-corrected chi connectivity index (χ1v) is 7.02. The number of amides is 3. The molecule has 0 spiro atoms. The summed E-state index contributed by atoms with van der Waals surface area (Å²) in [4.78, 5) is 25.4. The van der Waals surface area contributed by atoms with Crippen LogP contribution in [0.3, 0.4) is 0 Å². The molecule has 3 N–H and O–H groups in total. The molecule has 1 aromatic rings. The largest absolute Gasteiger partial charge is 0.373 e. The van der Waals surface area contributed by atoms with Crippen LogP contribution in [0, 0.1) is 0 Å². The molecule has 114 valence electrons. The lowest BCUT2D eigenvalue weighted by Crippen LogP contribution is -2.52. The Hall–Kier alpha value is -1.92. The Morgan fingerprint density at radius 1 is 1.24 bits per heavy atom. The lowest BCUT2D eigenvalue weighted by atomic mass is 10.0. The lowest BCUT2D eigenvalue weighted by molar-refractivity contribution is -0.132. The summed E-state index contributed by atoms with van der Waals surface area (Å²) in [5.74, 6) is -0.407. The maximum absolute atomic E-state index is 12.4. The maximum Gasteiger partial charge on any atom is 0.318 e. The van der Waals surface area contributed by atoms with Gasteiger partial charge in [0.05, 0.1) is 12.2 Å². The predicted molar refractivity (Wildman–Crippen MR) is 78.5 cm³/mol. The minimum Gasteiger partial charge on any atom is -0.373 e. The molecule has 1 saturated heterocycles. The number of rotatable bonds is 3. The molecule has 0 saturated carbocycles. The van der Waals surface area contributed by atoms with Gasteiger partial charge < -0.3 is 10.5 Å². The zero-order chi connectivity index (χ0) is 15.4. The van der Waals surface area contributed by atoms with Gasteiger partial charge in [-0.3, -0.25) is 15.0 Å². The van der Waals surface area contributed by atoms with Gasteiger partial charge in [-0.25, -0.2) is 4.79 Å². The Labute approximate surface area is 124 Å². The van der Waals surface area contributed by atoms with Crippen molar-refractivity contribution in [3.63, 3.8) is 0 Å². The number of primary amides is 1. The standard InChI is InChI=1S/C15H21N3O3/c1-10-8-18(9-11(2)21-10)13(14(19)17-15(16)20)12-6-4-3-5-7-12/h3-7,10-11,13H,8-9H2,1-2H3,(H3,16,17,19,20)/t10-,11-,13-/m1/s1. The molecule has 21 heavy (non-hydrogen) atoms. The van der Waals surface area contributed by atoms with Crippen molar-refractivity contribution in [1.82, 2.24) is 10.2 Å². The van der Waals surface area contributed by atoms with Gasteiger partial charge in [-0.05, 0) is 19.4 Å². The monoisotopic (exact) mass is 291 g/mol.